The van der Waals surface area contributed by atoms with Crippen LogP contribution in [0.1, 0.15) is 11.4 Å². The van der Waals surface area contributed by atoms with E-state index in [-0.39, 0.29) is 16.7 Å². The van der Waals surface area contributed by atoms with E-state index in [2.05, 4.69) is 15.3 Å². The van der Waals surface area contributed by atoms with Gasteiger partial charge in [-0.25, -0.2) is 18.7 Å². The Bertz CT molecular complexity index is 602. The molecule has 0 amide bonds. The monoisotopic (exact) mass is 269 g/mol. The van der Waals surface area contributed by atoms with Crippen LogP contribution in [-0.2, 0) is 0 Å². The van der Waals surface area contributed by atoms with E-state index in [0.29, 0.717) is 11.4 Å². The van der Waals surface area contributed by atoms with Crippen LogP contribution in [-0.4, -0.2) is 9.97 Å². The molecule has 0 atom stereocenters. The van der Waals surface area contributed by atoms with Gasteiger partial charge in [0.25, 0.3) is 0 Å². The van der Waals surface area contributed by atoms with E-state index in [4.69, 9.17) is 11.6 Å². The minimum Gasteiger partial charge on any atom is -0.335 e. The van der Waals surface area contributed by atoms with Gasteiger partial charge in [-0.2, -0.15) is 0 Å². The number of nitrogens with zero attached hydrogens (tertiary/aromatic N) is 2. The number of hydrogen-bond donors (Lipinski definition) is 1. The largest absolute Gasteiger partial charge is 0.335 e. The molecule has 0 radical (unpaired) electrons. The third kappa shape index (κ3) is 2.56. The van der Waals surface area contributed by atoms with Gasteiger partial charge in [-0.15, -0.1) is 0 Å². The standard InChI is InChI=1S/C12H10ClF2N3/c1-6-7(2)17-12(11(13)16-6)18-10-4-3-8(14)5-9(10)15/h3-5H,1-2H3,(H,17,18). The van der Waals surface area contributed by atoms with Crippen molar-refractivity contribution in [1.82, 2.24) is 9.97 Å². The van der Waals surface area contributed by atoms with E-state index in [1.165, 1.54) is 6.07 Å². The maximum absolute atomic E-state index is 13.5. The first-order valence-electron chi connectivity index (χ1n) is 5.20. The Hall–Kier alpha value is -1.75. The molecule has 0 aliphatic heterocycles. The molecule has 0 saturated heterocycles. The Labute approximate surface area is 108 Å². The predicted molar refractivity (Wildman–Crippen MR) is 66.2 cm³/mol. The molecule has 0 spiro atoms. The molecule has 0 aliphatic carbocycles. The average molecular weight is 270 g/mol. The summed E-state index contributed by atoms with van der Waals surface area (Å²) in [7, 11) is 0. The Balaban J connectivity index is 2.37. The lowest BCUT2D eigenvalue weighted by Crippen LogP contribution is -2.02. The molecular formula is C12H10ClF2N3. The molecule has 1 heterocycles. The maximum Gasteiger partial charge on any atom is 0.172 e. The van der Waals surface area contributed by atoms with Gasteiger partial charge in [0.1, 0.15) is 11.6 Å². The minimum absolute atomic E-state index is 0.0934. The summed E-state index contributed by atoms with van der Waals surface area (Å²) < 4.78 is 26.2. The molecule has 6 heteroatoms. The minimum atomic E-state index is -0.717. The van der Waals surface area contributed by atoms with E-state index >= 15 is 0 Å². The number of rotatable bonds is 2. The van der Waals surface area contributed by atoms with Gasteiger partial charge < -0.3 is 5.32 Å². The summed E-state index contributed by atoms with van der Waals surface area (Å²) in [5.41, 5.74) is 1.48. The first-order valence-corrected chi connectivity index (χ1v) is 5.58. The maximum atomic E-state index is 13.5. The summed E-state index contributed by atoms with van der Waals surface area (Å²) in [5.74, 6) is -1.12. The van der Waals surface area contributed by atoms with Crippen molar-refractivity contribution in [3.8, 4) is 0 Å². The number of halogens is 3. The molecule has 1 N–H and O–H groups in total. The van der Waals surface area contributed by atoms with Gasteiger partial charge in [0.05, 0.1) is 17.1 Å². The van der Waals surface area contributed by atoms with Crippen LogP contribution in [0.15, 0.2) is 18.2 Å². The molecule has 0 saturated carbocycles. The van der Waals surface area contributed by atoms with Gasteiger partial charge in [-0.1, -0.05) is 11.6 Å². The molecule has 18 heavy (non-hydrogen) atoms. The Morgan fingerprint density at radius 1 is 1.11 bits per heavy atom. The van der Waals surface area contributed by atoms with Gasteiger partial charge in [-0.3, -0.25) is 0 Å². The van der Waals surface area contributed by atoms with Crippen LogP contribution < -0.4 is 5.32 Å². The fraction of sp³-hybridized carbons (Fsp3) is 0.167. The van der Waals surface area contributed by atoms with E-state index in [0.717, 1.165) is 12.1 Å². The van der Waals surface area contributed by atoms with Crippen molar-refractivity contribution >= 4 is 23.1 Å². The van der Waals surface area contributed by atoms with E-state index in [1.807, 2.05) is 0 Å². The average Bonchev–Trinajstić information content (AvgIpc) is 2.29. The fourth-order valence-corrected chi connectivity index (χ4v) is 1.59. The Morgan fingerprint density at radius 3 is 2.44 bits per heavy atom. The van der Waals surface area contributed by atoms with Crippen molar-refractivity contribution in [1.29, 1.82) is 0 Å². The van der Waals surface area contributed by atoms with E-state index in [9.17, 15) is 8.78 Å². The van der Waals surface area contributed by atoms with Crippen LogP contribution in [0.2, 0.25) is 5.15 Å². The first kappa shape index (κ1) is 12.7. The van der Waals surface area contributed by atoms with Crippen LogP contribution in [0.4, 0.5) is 20.3 Å². The second-order valence-corrected chi connectivity index (χ2v) is 4.14. The lowest BCUT2D eigenvalue weighted by atomic mass is 10.3. The number of anilines is 2. The van der Waals surface area contributed by atoms with Gasteiger partial charge in [-0.05, 0) is 26.0 Å². The molecule has 94 valence electrons. The molecule has 0 unspecified atom stereocenters. The number of nitrogens with one attached hydrogen (secondary N) is 1. The molecule has 0 fully saturated rings. The molecular weight excluding hydrogens is 260 g/mol. The molecule has 3 nitrogen and oxygen atoms in total. The number of hydrogen-bond acceptors (Lipinski definition) is 3. The summed E-state index contributed by atoms with van der Waals surface area (Å²) in [6.45, 7) is 3.54. The highest BCUT2D eigenvalue weighted by molar-refractivity contribution is 6.31. The van der Waals surface area contributed by atoms with E-state index < -0.39 is 11.6 Å². The summed E-state index contributed by atoms with van der Waals surface area (Å²) in [6.07, 6.45) is 0. The number of benzene rings is 1. The van der Waals surface area contributed by atoms with Crippen LogP contribution >= 0.6 is 11.6 Å². The normalized spacial score (nSPS) is 10.5. The van der Waals surface area contributed by atoms with Gasteiger partial charge in [0, 0.05) is 6.07 Å². The van der Waals surface area contributed by atoms with Crippen molar-refractivity contribution < 1.29 is 8.78 Å². The third-order valence-corrected chi connectivity index (χ3v) is 2.71. The van der Waals surface area contributed by atoms with Crippen LogP contribution in [0.25, 0.3) is 0 Å². The predicted octanol–water partition coefficient (Wildman–Crippen LogP) is 3.77. The van der Waals surface area contributed by atoms with Gasteiger partial charge in [0.2, 0.25) is 0 Å². The number of aromatic nitrogens is 2. The smallest absolute Gasteiger partial charge is 0.172 e. The van der Waals surface area contributed by atoms with Gasteiger partial charge >= 0.3 is 0 Å². The summed E-state index contributed by atoms with van der Waals surface area (Å²) >= 11 is 5.90. The summed E-state index contributed by atoms with van der Waals surface area (Å²) in [4.78, 5) is 8.23. The zero-order valence-electron chi connectivity index (χ0n) is 9.76. The zero-order valence-corrected chi connectivity index (χ0v) is 10.5. The Kier molecular flexibility index (Phi) is 3.43. The molecule has 1 aromatic heterocycles. The highest BCUT2D eigenvalue weighted by Gasteiger charge is 2.10. The SMILES string of the molecule is Cc1nc(Cl)c(Nc2ccc(F)cc2F)nc1C. The Morgan fingerprint density at radius 2 is 1.78 bits per heavy atom. The van der Waals surface area contributed by atoms with Crippen molar-refractivity contribution in [2.24, 2.45) is 0 Å². The quantitative estimate of drug-likeness (QED) is 0.902. The van der Waals surface area contributed by atoms with Crippen molar-refractivity contribution in [2.45, 2.75) is 13.8 Å². The second-order valence-electron chi connectivity index (χ2n) is 3.78. The van der Waals surface area contributed by atoms with Crippen LogP contribution in [0.5, 0.6) is 0 Å². The lowest BCUT2D eigenvalue weighted by molar-refractivity contribution is 0.586. The van der Waals surface area contributed by atoms with Gasteiger partial charge in [0.15, 0.2) is 11.0 Å². The van der Waals surface area contributed by atoms with E-state index in [1.54, 1.807) is 13.8 Å². The highest BCUT2D eigenvalue weighted by Crippen LogP contribution is 2.24. The first-order chi connectivity index (χ1) is 8.47. The highest BCUT2D eigenvalue weighted by atomic mass is 35.5. The molecule has 0 bridgehead atoms. The third-order valence-electron chi connectivity index (χ3n) is 2.45. The van der Waals surface area contributed by atoms with Crippen molar-refractivity contribution in [3.63, 3.8) is 0 Å². The molecule has 0 aliphatic rings. The van der Waals surface area contributed by atoms with Crippen molar-refractivity contribution in [3.05, 3.63) is 46.4 Å². The van der Waals surface area contributed by atoms with Crippen molar-refractivity contribution in [2.75, 3.05) is 5.32 Å². The molecule has 2 rings (SSSR count). The number of aryl methyl sites for hydroxylation is 2. The fourth-order valence-electron chi connectivity index (χ4n) is 1.37. The molecule has 2 aromatic rings. The van der Waals surface area contributed by atoms with Crippen LogP contribution in [0, 0.1) is 25.5 Å². The molecule has 1 aromatic carbocycles. The zero-order chi connectivity index (χ0) is 13.3. The van der Waals surface area contributed by atoms with Crippen LogP contribution in [0.3, 0.4) is 0 Å². The lowest BCUT2D eigenvalue weighted by Gasteiger charge is -2.09. The second kappa shape index (κ2) is 4.86. The topological polar surface area (TPSA) is 37.8 Å². The summed E-state index contributed by atoms with van der Waals surface area (Å²) in [5, 5.41) is 2.83. The summed E-state index contributed by atoms with van der Waals surface area (Å²) in [6, 6.07) is 3.20.